The van der Waals surface area contributed by atoms with Gasteiger partial charge in [-0.15, -0.1) is 0 Å². The van der Waals surface area contributed by atoms with Crippen LogP contribution in [0.5, 0.6) is 0 Å². The van der Waals surface area contributed by atoms with Crippen LogP contribution in [0.25, 0.3) is 0 Å². The predicted octanol–water partition coefficient (Wildman–Crippen LogP) is 3.23. The van der Waals surface area contributed by atoms with Crippen molar-refractivity contribution in [3.05, 3.63) is 47.2 Å². The van der Waals surface area contributed by atoms with Crippen LogP contribution in [0.1, 0.15) is 49.3 Å². The molecule has 0 atom stereocenters. The maximum absolute atomic E-state index is 12.4. The summed E-state index contributed by atoms with van der Waals surface area (Å²) in [6.45, 7) is 9.95. The molecule has 0 radical (unpaired) electrons. The van der Waals surface area contributed by atoms with Crippen molar-refractivity contribution in [1.82, 2.24) is 15.1 Å². The van der Waals surface area contributed by atoms with Crippen LogP contribution in [0.3, 0.4) is 0 Å². The van der Waals surface area contributed by atoms with Crippen LogP contribution >= 0.6 is 0 Å². The van der Waals surface area contributed by atoms with Gasteiger partial charge in [0.15, 0.2) is 5.69 Å². The molecule has 1 amide bonds. The first-order chi connectivity index (χ1) is 14.3. The quantitative estimate of drug-likeness (QED) is 0.756. The molecule has 1 fully saturated rings. The van der Waals surface area contributed by atoms with E-state index in [4.69, 9.17) is 9.47 Å². The van der Waals surface area contributed by atoms with Crippen LogP contribution in [0.2, 0.25) is 0 Å². The number of carbonyl (C=O) groups excluding carboxylic acids is 2. The molecule has 0 bridgehead atoms. The number of rotatable bonds is 5. The van der Waals surface area contributed by atoms with Gasteiger partial charge in [0.1, 0.15) is 11.4 Å². The molecule has 0 spiro atoms. The SMILES string of the molecule is CCOC(=O)c1n[nH]c(N2CCN(C(=O)OC(C)(C)C)CC2)c1Cc1ccccc1. The predicted molar refractivity (Wildman–Crippen MR) is 114 cm³/mol. The third kappa shape index (κ3) is 5.31. The second-order valence-electron chi connectivity index (χ2n) is 8.24. The largest absolute Gasteiger partial charge is 0.461 e. The number of benzene rings is 1. The van der Waals surface area contributed by atoms with Gasteiger partial charge in [0.25, 0.3) is 0 Å². The first kappa shape index (κ1) is 21.7. The summed E-state index contributed by atoms with van der Waals surface area (Å²) in [7, 11) is 0. The van der Waals surface area contributed by atoms with Crippen molar-refractivity contribution < 1.29 is 19.1 Å². The van der Waals surface area contributed by atoms with E-state index in [1.165, 1.54) is 0 Å². The average Bonchev–Trinajstić information content (AvgIpc) is 3.11. The summed E-state index contributed by atoms with van der Waals surface area (Å²) in [6.07, 6.45) is 0.260. The second-order valence-corrected chi connectivity index (χ2v) is 8.24. The Morgan fingerprint density at radius 1 is 1.10 bits per heavy atom. The van der Waals surface area contributed by atoms with Crippen molar-refractivity contribution in [2.24, 2.45) is 0 Å². The summed E-state index contributed by atoms with van der Waals surface area (Å²) in [5.41, 5.74) is 1.68. The Morgan fingerprint density at radius 2 is 1.77 bits per heavy atom. The molecule has 1 aromatic heterocycles. The highest BCUT2D eigenvalue weighted by atomic mass is 16.6. The molecule has 3 rings (SSSR count). The Morgan fingerprint density at radius 3 is 2.37 bits per heavy atom. The van der Waals surface area contributed by atoms with Gasteiger partial charge in [0, 0.05) is 38.2 Å². The minimum Gasteiger partial charge on any atom is -0.461 e. The highest BCUT2D eigenvalue weighted by Crippen LogP contribution is 2.26. The van der Waals surface area contributed by atoms with Crippen molar-refractivity contribution in [2.75, 3.05) is 37.7 Å². The van der Waals surface area contributed by atoms with Crippen LogP contribution in [0.15, 0.2) is 30.3 Å². The molecule has 1 aliphatic heterocycles. The highest BCUT2D eigenvalue weighted by Gasteiger charge is 2.29. The third-order valence-corrected chi connectivity index (χ3v) is 4.79. The molecule has 30 heavy (non-hydrogen) atoms. The van der Waals surface area contributed by atoms with E-state index >= 15 is 0 Å². The fourth-order valence-electron chi connectivity index (χ4n) is 3.39. The van der Waals surface area contributed by atoms with Gasteiger partial charge in [-0.1, -0.05) is 30.3 Å². The number of nitrogens with zero attached hydrogens (tertiary/aromatic N) is 3. The Hall–Kier alpha value is -3.03. The number of ether oxygens (including phenoxy) is 2. The molecule has 1 aromatic carbocycles. The highest BCUT2D eigenvalue weighted by molar-refractivity contribution is 5.90. The zero-order valence-corrected chi connectivity index (χ0v) is 18.1. The van der Waals surface area contributed by atoms with Gasteiger partial charge >= 0.3 is 12.1 Å². The van der Waals surface area contributed by atoms with Crippen molar-refractivity contribution in [3.8, 4) is 0 Å². The molecule has 2 aromatic rings. The van der Waals surface area contributed by atoms with Gasteiger partial charge in [-0.25, -0.2) is 9.59 Å². The molecule has 1 aliphatic rings. The number of piperazine rings is 1. The standard InChI is InChI=1S/C22H30N4O4/c1-5-29-20(27)18-17(15-16-9-7-6-8-10-16)19(24-23-18)25-11-13-26(14-12-25)21(28)30-22(2,3)4/h6-10H,5,11-15H2,1-4H3,(H,23,24). The number of hydrogen-bond acceptors (Lipinski definition) is 6. The fraction of sp³-hybridized carbons (Fsp3) is 0.500. The fourth-order valence-corrected chi connectivity index (χ4v) is 3.39. The summed E-state index contributed by atoms with van der Waals surface area (Å²) in [5, 5.41) is 7.29. The Kier molecular flexibility index (Phi) is 6.64. The number of nitrogens with one attached hydrogen (secondary N) is 1. The van der Waals surface area contributed by atoms with E-state index in [1.54, 1.807) is 11.8 Å². The van der Waals surface area contributed by atoms with Crippen LogP contribution < -0.4 is 4.90 Å². The van der Waals surface area contributed by atoms with Gasteiger partial charge in [-0.2, -0.15) is 5.10 Å². The lowest BCUT2D eigenvalue weighted by Gasteiger charge is -2.36. The van der Waals surface area contributed by atoms with Gasteiger partial charge in [0.05, 0.1) is 6.61 Å². The van der Waals surface area contributed by atoms with E-state index in [-0.39, 0.29) is 6.09 Å². The molecule has 0 aliphatic carbocycles. The average molecular weight is 415 g/mol. The van der Waals surface area contributed by atoms with E-state index < -0.39 is 11.6 Å². The molecule has 0 unspecified atom stereocenters. The molecule has 2 heterocycles. The maximum atomic E-state index is 12.4. The summed E-state index contributed by atoms with van der Waals surface area (Å²) >= 11 is 0. The zero-order chi connectivity index (χ0) is 21.7. The smallest absolute Gasteiger partial charge is 0.410 e. The Labute approximate surface area is 177 Å². The topological polar surface area (TPSA) is 87.8 Å². The van der Waals surface area contributed by atoms with E-state index in [0.717, 1.165) is 16.9 Å². The van der Waals surface area contributed by atoms with Crippen LogP contribution in [-0.2, 0) is 15.9 Å². The number of aromatic nitrogens is 2. The van der Waals surface area contributed by atoms with Gasteiger partial charge < -0.3 is 19.3 Å². The second kappa shape index (κ2) is 9.19. The van der Waals surface area contributed by atoms with Crippen molar-refractivity contribution in [2.45, 2.75) is 39.7 Å². The summed E-state index contributed by atoms with van der Waals surface area (Å²) < 4.78 is 10.7. The van der Waals surface area contributed by atoms with Crippen LogP contribution in [-0.4, -0.2) is 65.5 Å². The van der Waals surface area contributed by atoms with Gasteiger partial charge in [-0.05, 0) is 33.3 Å². The summed E-state index contributed by atoms with van der Waals surface area (Å²) in [4.78, 5) is 28.6. The molecule has 8 heteroatoms. The number of H-pyrrole nitrogens is 1. The number of aromatic amines is 1. The molecule has 162 valence electrons. The lowest BCUT2D eigenvalue weighted by molar-refractivity contribution is 0.0240. The minimum absolute atomic E-state index is 0.292. The number of anilines is 1. The summed E-state index contributed by atoms with van der Waals surface area (Å²) in [6, 6.07) is 9.94. The van der Waals surface area contributed by atoms with E-state index in [0.29, 0.717) is 44.9 Å². The Balaban J connectivity index is 1.77. The summed E-state index contributed by atoms with van der Waals surface area (Å²) in [5.74, 6) is 0.365. The van der Waals surface area contributed by atoms with Crippen molar-refractivity contribution in [1.29, 1.82) is 0 Å². The molecule has 1 N–H and O–H groups in total. The number of hydrogen-bond donors (Lipinski definition) is 1. The van der Waals surface area contributed by atoms with E-state index in [9.17, 15) is 9.59 Å². The first-order valence-corrected chi connectivity index (χ1v) is 10.3. The lowest BCUT2D eigenvalue weighted by atomic mass is 10.0. The molecule has 1 saturated heterocycles. The van der Waals surface area contributed by atoms with E-state index in [1.807, 2.05) is 51.1 Å². The molecular formula is C22H30N4O4. The maximum Gasteiger partial charge on any atom is 0.410 e. The van der Waals surface area contributed by atoms with Gasteiger partial charge in [-0.3, -0.25) is 5.10 Å². The molecule has 0 saturated carbocycles. The van der Waals surface area contributed by atoms with Crippen LogP contribution in [0, 0.1) is 0 Å². The molecular weight excluding hydrogens is 384 g/mol. The van der Waals surface area contributed by atoms with Gasteiger partial charge in [0.2, 0.25) is 0 Å². The van der Waals surface area contributed by atoms with Crippen molar-refractivity contribution in [3.63, 3.8) is 0 Å². The monoisotopic (exact) mass is 414 g/mol. The van der Waals surface area contributed by atoms with Crippen LogP contribution in [0.4, 0.5) is 10.6 Å². The minimum atomic E-state index is -0.519. The normalized spacial score (nSPS) is 14.5. The molecule has 8 nitrogen and oxygen atoms in total. The third-order valence-electron chi connectivity index (χ3n) is 4.79. The lowest BCUT2D eigenvalue weighted by Crippen LogP contribution is -2.50. The first-order valence-electron chi connectivity index (χ1n) is 10.3. The Bertz CT molecular complexity index is 865. The number of carbonyl (C=O) groups is 2. The number of amides is 1. The zero-order valence-electron chi connectivity index (χ0n) is 18.1. The van der Waals surface area contributed by atoms with E-state index in [2.05, 4.69) is 15.1 Å². The van der Waals surface area contributed by atoms with Crippen molar-refractivity contribution >= 4 is 17.9 Å². The number of esters is 1.